The van der Waals surface area contributed by atoms with Crippen molar-refractivity contribution in [3.05, 3.63) is 24.2 Å². The molecule has 0 aliphatic rings. The summed E-state index contributed by atoms with van der Waals surface area (Å²) in [6, 6.07) is 2.10. The van der Waals surface area contributed by atoms with Crippen LogP contribution in [0.1, 0.15) is 32.4 Å². The van der Waals surface area contributed by atoms with Crippen molar-refractivity contribution in [1.29, 1.82) is 0 Å². The maximum absolute atomic E-state index is 11.6. The lowest BCUT2D eigenvalue weighted by molar-refractivity contribution is -0.128. The number of hydrogen-bond donors (Lipinski definition) is 2. The molecule has 0 aliphatic heterocycles. The minimum absolute atomic E-state index is 0.0411. The normalized spacial score (nSPS) is 13.5. The van der Waals surface area contributed by atoms with Crippen molar-refractivity contribution < 1.29 is 9.21 Å². The molecule has 1 rings (SSSR count). The van der Waals surface area contributed by atoms with E-state index in [-0.39, 0.29) is 11.9 Å². The zero-order chi connectivity index (χ0) is 12.2. The molecule has 1 aromatic heterocycles. The third-order valence-electron chi connectivity index (χ3n) is 2.74. The molecule has 4 nitrogen and oxygen atoms in total. The maximum atomic E-state index is 11.6. The first-order chi connectivity index (χ1) is 7.47. The second kappa shape index (κ2) is 5.16. The third kappa shape index (κ3) is 3.10. The van der Waals surface area contributed by atoms with Crippen LogP contribution in [0.25, 0.3) is 0 Å². The average Bonchev–Trinajstić information content (AvgIpc) is 2.78. The number of amides is 1. The first-order valence-corrected chi connectivity index (χ1v) is 5.45. The van der Waals surface area contributed by atoms with Gasteiger partial charge in [-0.15, -0.1) is 0 Å². The smallest absolute Gasteiger partial charge is 0.226 e. The van der Waals surface area contributed by atoms with Crippen LogP contribution < -0.4 is 10.6 Å². The number of hydrogen-bond acceptors (Lipinski definition) is 3. The van der Waals surface area contributed by atoms with Gasteiger partial charge in [0.25, 0.3) is 0 Å². The molecule has 1 unspecified atom stereocenters. The Morgan fingerprint density at radius 1 is 1.56 bits per heavy atom. The Bertz CT molecular complexity index is 331. The predicted octanol–water partition coefficient (Wildman–Crippen LogP) is 1.70. The van der Waals surface area contributed by atoms with Gasteiger partial charge in [0, 0.05) is 25.2 Å². The number of rotatable bonds is 5. The van der Waals surface area contributed by atoms with Gasteiger partial charge in [0.2, 0.25) is 5.91 Å². The minimum Gasteiger partial charge on any atom is -0.472 e. The zero-order valence-electron chi connectivity index (χ0n) is 10.3. The lowest BCUT2D eigenvalue weighted by Gasteiger charge is -2.25. The van der Waals surface area contributed by atoms with Gasteiger partial charge in [-0.25, -0.2) is 0 Å². The average molecular weight is 224 g/mol. The molecule has 0 saturated heterocycles. The van der Waals surface area contributed by atoms with E-state index in [9.17, 15) is 4.79 Å². The lowest BCUT2D eigenvalue weighted by Crippen LogP contribution is -2.42. The molecule has 1 atom stereocenters. The molecule has 0 aromatic carbocycles. The standard InChI is InChI=1S/C12H20N2O2/c1-9(10-5-6-16-7-10)14-8-12(2,3)11(15)13-4/h5-7,9,14H,8H2,1-4H3,(H,13,15). The van der Waals surface area contributed by atoms with E-state index in [4.69, 9.17) is 4.42 Å². The van der Waals surface area contributed by atoms with Gasteiger partial charge in [0.1, 0.15) is 0 Å². The molecular weight excluding hydrogens is 204 g/mol. The summed E-state index contributed by atoms with van der Waals surface area (Å²) in [5.41, 5.74) is 0.680. The highest BCUT2D eigenvalue weighted by molar-refractivity contribution is 5.81. The van der Waals surface area contributed by atoms with E-state index in [0.717, 1.165) is 5.56 Å². The fraction of sp³-hybridized carbons (Fsp3) is 0.583. The molecule has 1 heterocycles. The van der Waals surface area contributed by atoms with Crippen LogP contribution in [-0.4, -0.2) is 19.5 Å². The highest BCUT2D eigenvalue weighted by atomic mass is 16.3. The van der Waals surface area contributed by atoms with E-state index in [1.54, 1.807) is 19.6 Å². The van der Waals surface area contributed by atoms with Crippen molar-refractivity contribution >= 4 is 5.91 Å². The van der Waals surface area contributed by atoms with E-state index in [1.807, 2.05) is 26.8 Å². The van der Waals surface area contributed by atoms with Gasteiger partial charge >= 0.3 is 0 Å². The second-order valence-electron chi connectivity index (χ2n) is 4.62. The van der Waals surface area contributed by atoms with Crippen LogP contribution in [0.5, 0.6) is 0 Å². The van der Waals surface area contributed by atoms with Gasteiger partial charge in [0.15, 0.2) is 0 Å². The van der Waals surface area contributed by atoms with Crippen LogP contribution in [0.4, 0.5) is 0 Å². The number of furan rings is 1. The van der Waals surface area contributed by atoms with Crippen molar-refractivity contribution in [1.82, 2.24) is 10.6 Å². The Balaban J connectivity index is 2.48. The third-order valence-corrected chi connectivity index (χ3v) is 2.74. The lowest BCUT2D eigenvalue weighted by atomic mass is 9.92. The van der Waals surface area contributed by atoms with Crippen molar-refractivity contribution in [3.8, 4) is 0 Å². The monoisotopic (exact) mass is 224 g/mol. The Morgan fingerprint density at radius 2 is 2.25 bits per heavy atom. The van der Waals surface area contributed by atoms with Crippen LogP contribution in [0.3, 0.4) is 0 Å². The SMILES string of the molecule is CNC(=O)C(C)(C)CNC(C)c1ccoc1. The molecule has 0 fully saturated rings. The summed E-state index contributed by atoms with van der Waals surface area (Å²) in [6.45, 7) is 6.51. The summed E-state index contributed by atoms with van der Waals surface area (Å²) in [5.74, 6) is 0.0411. The molecule has 1 amide bonds. The minimum atomic E-state index is -0.410. The molecule has 90 valence electrons. The van der Waals surface area contributed by atoms with E-state index in [0.29, 0.717) is 6.54 Å². The number of carbonyl (C=O) groups excluding carboxylic acids is 1. The Morgan fingerprint density at radius 3 is 2.75 bits per heavy atom. The molecule has 16 heavy (non-hydrogen) atoms. The van der Waals surface area contributed by atoms with E-state index in [1.165, 1.54) is 0 Å². The molecule has 0 aliphatic carbocycles. The van der Waals surface area contributed by atoms with Gasteiger partial charge in [-0.05, 0) is 26.8 Å². The highest BCUT2D eigenvalue weighted by Gasteiger charge is 2.26. The Hall–Kier alpha value is -1.29. The van der Waals surface area contributed by atoms with Crippen LogP contribution in [0, 0.1) is 5.41 Å². The molecule has 0 spiro atoms. The zero-order valence-corrected chi connectivity index (χ0v) is 10.3. The maximum Gasteiger partial charge on any atom is 0.226 e. The quantitative estimate of drug-likeness (QED) is 0.800. The summed E-state index contributed by atoms with van der Waals surface area (Å²) in [6.07, 6.45) is 3.36. The molecule has 0 radical (unpaired) electrons. The molecule has 2 N–H and O–H groups in total. The first-order valence-electron chi connectivity index (χ1n) is 5.45. The molecule has 0 bridgehead atoms. The topological polar surface area (TPSA) is 54.3 Å². The van der Waals surface area contributed by atoms with Crippen LogP contribution in [0.2, 0.25) is 0 Å². The summed E-state index contributed by atoms with van der Waals surface area (Å²) in [7, 11) is 1.66. The number of nitrogens with one attached hydrogen (secondary N) is 2. The second-order valence-corrected chi connectivity index (χ2v) is 4.62. The van der Waals surface area contributed by atoms with Crippen molar-refractivity contribution in [2.24, 2.45) is 5.41 Å². The van der Waals surface area contributed by atoms with Gasteiger partial charge in [-0.2, -0.15) is 0 Å². The van der Waals surface area contributed by atoms with Gasteiger partial charge in [-0.3, -0.25) is 4.79 Å². The van der Waals surface area contributed by atoms with Crippen LogP contribution >= 0.6 is 0 Å². The summed E-state index contributed by atoms with van der Waals surface area (Å²) >= 11 is 0. The Kier molecular flexibility index (Phi) is 4.12. The molecular formula is C12H20N2O2. The largest absolute Gasteiger partial charge is 0.472 e. The fourth-order valence-electron chi connectivity index (χ4n) is 1.47. The predicted molar refractivity (Wildman–Crippen MR) is 63.0 cm³/mol. The van der Waals surface area contributed by atoms with Gasteiger partial charge in [-0.1, -0.05) is 0 Å². The van der Waals surface area contributed by atoms with Crippen molar-refractivity contribution in [2.45, 2.75) is 26.8 Å². The first kappa shape index (κ1) is 12.8. The highest BCUT2D eigenvalue weighted by Crippen LogP contribution is 2.17. The summed E-state index contributed by atoms with van der Waals surface area (Å²) in [4.78, 5) is 11.6. The summed E-state index contributed by atoms with van der Waals surface area (Å²) < 4.78 is 5.02. The molecule has 1 aromatic rings. The van der Waals surface area contributed by atoms with Crippen molar-refractivity contribution in [2.75, 3.05) is 13.6 Å². The van der Waals surface area contributed by atoms with Crippen molar-refractivity contribution in [3.63, 3.8) is 0 Å². The number of carbonyl (C=O) groups is 1. The van der Waals surface area contributed by atoms with E-state index < -0.39 is 5.41 Å². The summed E-state index contributed by atoms with van der Waals surface area (Å²) in [5, 5.41) is 5.99. The molecule has 0 saturated carbocycles. The Labute approximate surface area is 96.4 Å². The molecule has 4 heteroatoms. The van der Waals surface area contributed by atoms with Gasteiger partial charge < -0.3 is 15.1 Å². The van der Waals surface area contributed by atoms with Crippen LogP contribution in [0.15, 0.2) is 23.0 Å². The van der Waals surface area contributed by atoms with Crippen LogP contribution in [-0.2, 0) is 4.79 Å². The van der Waals surface area contributed by atoms with E-state index >= 15 is 0 Å². The van der Waals surface area contributed by atoms with E-state index in [2.05, 4.69) is 10.6 Å². The fourth-order valence-corrected chi connectivity index (χ4v) is 1.47. The van der Waals surface area contributed by atoms with Gasteiger partial charge in [0.05, 0.1) is 17.9 Å².